The van der Waals surface area contributed by atoms with Crippen LogP contribution in [0.25, 0.3) is 0 Å². The highest BCUT2D eigenvalue weighted by Crippen LogP contribution is 2.42. The third-order valence-electron chi connectivity index (χ3n) is 5.00. The Bertz CT molecular complexity index is 494. The fourth-order valence-corrected chi connectivity index (χ4v) is 3.61. The van der Waals surface area contributed by atoms with Crippen molar-refractivity contribution in [2.75, 3.05) is 33.7 Å². The molecule has 1 N–H and O–H groups in total. The molecule has 1 amide bonds. The first-order valence-corrected chi connectivity index (χ1v) is 8.33. The van der Waals surface area contributed by atoms with Gasteiger partial charge in [0.1, 0.15) is 0 Å². The van der Waals surface area contributed by atoms with E-state index in [9.17, 15) is 4.79 Å². The van der Waals surface area contributed by atoms with Crippen LogP contribution in [0, 0.1) is 11.8 Å². The lowest BCUT2D eigenvalue weighted by Crippen LogP contribution is -2.38. The number of likely N-dealkylation sites (N-methyl/N-ethyl adjacent to an activating group) is 1. The Morgan fingerprint density at radius 3 is 2.52 bits per heavy atom. The van der Waals surface area contributed by atoms with Gasteiger partial charge < -0.3 is 10.2 Å². The zero-order chi connectivity index (χ0) is 15.5. The van der Waals surface area contributed by atoms with E-state index in [1.165, 1.54) is 12.8 Å². The summed E-state index contributed by atoms with van der Waals surface area (Å²) in [4.78, 5) is 16.8. The second kappa shape index (κ2) is 8.13. The summed E-state index contributed by atoms with van der Waals surface area (Å²) in [6.45, 7) is 3.25. The van der Waals surface area contributed by atoms with Crippen molar-refractivity contribution in [2.45, 2.75) is 25.4 Å². The first-order valence-electron chi connectivity index (χ1n) is 8.33. The number of amides is 1. The minimum absolute atomic E-state index is 0. The quantitative estimate of drug-likeness (QED) is 0.862. The largest absolute Gasteiger partial charge is 0.351 e. The van der Waals surface area contributed by atoms with Crippen LogP contribution in [0.2, 0.25) is 0 Å². The number of carbonyl (C=O) groups is 1. The number of benzene rings is 1. The van der Waals surface area contributed by atoms with Gasteiger partial charge in [-0.05, 0) is 44.3 Å². The summed E-state index contributed by atoms with van der Waals surface area (Å²) in [6.07, 6.45) is 2.76. The number of likely N-dealkylation sites (tertiary alicyclic amines) is 1. The maximum Gasteiger partial charge on any atom is 0.234 e. The SMILES string of the molecule is CN(C)[C@H]1CN(CC(=O)NCc2ccccc2)C[C@@H]1C1CC1.Cl. The fourth-order valence-electron chi connectivity index (χ4n) is 3.61. The molecule has 3 rings (SSSR count). The summed E-state index contributed by atoms with van der Waals surface area (Å²) in [5, 5.41) is 3.04. The Labute approximate surface area is 145 Å². The van der Waals surface area contributed by atoms with Crippen LogP contribution in [0.15, 0.2) is 30.3 Å². The van der Waals surface area contributed by atoms with Crippen molar-refractivity contribution < 1.29 is 4.79 Å². The summed E-state index contributed by atoms with van der Waals surface area (Å²) in [6, 6.07) is 10.7. The molecule has 128 valence electrons. The predicted octanol–water partition coefficient (Wildman–Crippen LogP) is 2.00. The van der Waals surface area contributed by atoms with E-state index >= 15 is 0 Å². The molecule has 5 heteroatoms. The zero-order valence-corrected chi connectivity index (χ0v) is 14.9. The Morgan fingerprint density at radius 1 is 1.22 bits per heavy atom. The number of carbonyl (C=O) groups excluding carboxylic acids is 1. The highest BCUT2D eigenvalue weighted by molar-refractivity contribution is 5.85. The highest BCUT2D eigenvalue weighted by atomic mass is 35.5. The molecule has 1 saturated carbocycles. The topological polar surface area (TPSA) is 35.6 Å². The summed E-state index contributed by atoms with van der Waals surface area (Å²) in [5.74, 6) is 1.78. The lowest BCUT2D eigenvalue weighted by Gasteiger charge is -2.24. The third kappa shape index (κ3) is 4.93. The van der Waals surface area contributed by atoms with Crippen LogP contribution < -0.4 is 5.32 Å². The van der Waals surface area contributed by atoms with E-state index in [4.69, 9.17) is 0 Å². The molecule has 1 aliphatic carbocycles. The molecule has 4 nitrogen and oxygen atoms in total. The molecule has 1 heterocycles. The van der Waals surface area contributed by atoms with Crippen LogP contribution in [0.5, 0.6) is 0 Å². The smallest absolute Gasteiger partial charge is 0.234 e. The van der Waals surface area contributed by atoms with Crippen molar-refractivity contribution in [3.8, 4) is 0 Å². The molecule has 1 aliphatic heterocycles. The van der Waals surface area contributed by atoms with Gasteiger partial charge in [0.15, 0.2) is 0 Å². The third-order valence-corrected chi connectivity index (χ3v) is 5.00. The molecule has 2 aliphatic rings. The van der Waals surface area contributed by atoms with Gasteiger partial charge in [-0.15, -0.1) is 12.4 Å². The van der Waals surface area contributed by atoms with Gasteiger partial charge in [0.05, 0.1) is 6.54 Å². The molecule has 0 radical (unpaired) electrons. The Balaban J connectivity index is 0.00000192. The van der Waals surface area contributed by atoms with E-state index in [0.29, 0.717) is 19.1 Å². The van der Waals surface area contributed by atoms with Crippen LogP contribution in [-0.2, 0) is 11.3 Å². The van der Waals surface area contributed by atoms with Crippen LogP contribution in [0.4, 0.5) is 0 Å². The Hall–Kier alpha value is -1.10. The lowest BCUT2D eigenvalue weighted by atomic mass is 9.97. The summed E-state index contributed by atoms with van der Waals surface area (Å²) < 4.78 is 0. The summed E-state index contributed by atoms with van der Waals surface area (Å²) in [7, 11) is 4.33. The maximum absolute atomic E-state index is 12.2. The Morgan fingerprint density at radius 2 is 1.91 bits per heavy atom. The monoisotopic (exact) mass is 337 g/mol. The van der Waals surface area contributed by atoms with E-state index in [0.717, 1.165) is 30.5 Å². The minimum atomic E-state index is 0. The first kappa shape index (κ1) is 18.2. The van der Waals surface area contributed by atoms with Crippen LogP contribution in [-0.4, -0.2) is 55.5 Å². The van der Waals surface area contributed by atoms with E-state index in [1.807, 2.05) is 30.3 Å². The normalized spacial score (nSPS) is 24.5. The van der Waals surface area contributed by atoms with Gasteiger partial charge in [0.2, 0.25) is 5.91 Å². The van der Waals surface area contributed by atoms with Gasteiger partial charge >= 0.3 is 0 Å². The molecule has 0 aromatic heterocycles. The maximum atomic E-state index is 12.2. The number of halogens is 1. The number of rotatable bonds is 6. The second-order valence-corrected chi connectivity index (χ2v) is 6.99. The van der Waals surface area contributed by atoms with E-state index in [1.54, 1.807) is 0 Å². The lowest BCUT2D eigenvalue weighted by molar-refractivity contribution is -0.122. The predicted molar refractivity (Wildman–Crippen MR) is 95.7 cm³/mol. The fraction of sp³-hybridized carbons (Fsp3) is 0.611. The molecule has 2 atom stereocenters. The average Bonchev–Trinajstić information content (AvgIpc) is 3.27. The molecule has 0 unspecified atom stereocenters. The van der Waals surface area contributed by atoms with Crippen LogP contribution >= 0.6 is 12.4 Å². The van der Waals surface area contributed by atoms with Crippen molar-refractivity contribution in [3.63, 3.8) is 0 Å². The van der Waals surface area contributed by atoms with E-state index in [-0.39, 0.29) is 18.3 Å². The molecular formula is C18H28ClN3O. The van der Waals surface area contributed by atoms with Crippen LogP contribution in [0.3, 0.4) is 0 Å². The molecule has 1 aromatic rings. The first-order chi connectivity index (χ1) is 10.6. The standard InChI is InChI=1S/C18H27N3O.ClH/c1-20(2)17-12-21(11-16(17)15-8-9-15)13-18(22)19-10-14-6-4-3-5-7-14;/h3-7,15-17H,8-13H2,1-2H3,(H,19,22);1H/t16-,17+;/m1./s1. The van der Waals surface area contributed by atoms with Gasteiger partial charge in [-0.3, -0.25) is 9.69 Å². The zero-order valence-electron chi connectivity index (χ0n) is 14.1. The van der Waals surface area contributed by atoms with Gasteiger partial charge in [-0.25, -0.2) is 0 Å². The highest BCUT2D eigenvalue weighted by Gasteiger charge is 2.43. The summed E-state index contributed by atoms with van der Waals surface area (Å²) in [5.41, 5.74) is 1.15. The van der Waals surface area contributed by atoms with E-state index < -0.39 is 0 Å². The van der Waals surface area contributed by atoms with Crippen molar-refractivity contribution >= 4 is 18.3 Å². The number of nitrogens with one attached hydrogen (secondary N) is 1. The van der Waals surface area contributed by atoms with E-state index in [2.05, 4.69) is 29.2 Å². The number of hydrogen-bond acceptors (Lipinski definition) is 3. The molecule has 1 saturated heterocycles. The minimum Gasteiger partial charge on any atom is -0.351 e. The molecule has 1 aromatic carbocycles. The number of nitrogens with zero attached hydrogens (tertiary/aromatic N) is 2. The van der Waals surface area contributed by atoms with Gasteiger partial charge in [-0.2, -0.15) is 0 Å². The van der Waals surface area contributed by atoms with Crippen molar-refractivity contribution in [1.82, 2.24) is 15.1 Å². The molecule has 23 heavy (non-hydrogen) atoms. The molecule has 0 spiro atoms. The summed E-state index contributed by atoms with van der Waals surface area (Å²) >= 11 is 0. The van der Waals surface area contributed by atoms with Crippen molar-refractivity contribution in [2.24, 2.45) is 11.8 Å². The van der Waals surface area contributed by atoms with Gasteiger partial charge in [0, 0.05) is 25.7 Å². The Kier molecular flexibility index (Phi) is 6.45. The average molecular weight is 338 g/mol. The molecule has 2 fully saturated rings. The molecular weight excluding hydrogens is 310 g/mol. The van der Waals surface area contributed by atoms with Crippen LogP contribution in [0.1, 0.15) is 18.4 Å². The van der Waals surface area contributed by atoms with Gasteiger partial charge in [0.25, 0.3) is 0 Å². The van der Waals surface area contributed by atoms with Gasteiger partial charge in [-0.1, -0.05) is 30.3 Å². The second-order valence-electron chi connectivity index (χ2n) is 6.99. The van der Waals surface area contributed by atoms with Crippen molar-refractivity contribution in [3.05, 3.63) is 35.9 Å². The molecule has 0 bridgehead atoms. The van der Waals surface area contributed by atoms with Crippen molar-refractivity contribution in [1.29, 1.82) is 0 Å². The number of hydrogen-bond donors (Lipinski definition) is 1.